The van der Waals surface area contributed by atoms with Crippen LogP contribution in [0.3, 0.4) is 0 Å². The number of amides is 1. The lowest BCUT2D eigenvalue weighted by atomic mass is 9.84. The van der Waals surface area contributed by atoms with Crippen molar-refractivity contribution in [3.8, 4) is 0 Å². The minimum absolute atomic E-state index is 0.295. The molecule has 5 heteroatoms. The van der Waals surface area contributed by atoms with Crippen LogP contribution in [0, 0.1) is 5.92 Å². The Balaban J connectivity index is 1.31. The Morgan fingerprint density at radius 2 is 1.77 bits per heavy atom. The molecule has 3 fully saturated rings. The predicted octanol–water partition coefficient (Wildman–Crippen LogP) is 3.17. The molecule has 2 heterocycles. The summed E-state index contributed by atoms with van der Waals surface area (Å²) in [5, 5.41) is 0. The van der Waals surface area contributed by atoms with E-state index in [9.17, 15) is 4.79 Å². The standard InChI is InChI=1S/C25H39N3O2/c1-2-21-7-9-22(10-8-21)19-27-14-11-24(20-27)28(25(29)23-5-3-6-23)13-4-12-26-15-17-30-18-16-26/h7-10,23-24H,2-6,11-20H2,1H3. The van der Waals surface area contributed by atoms with Gasteiger partial charge in [-0.2, -0.15) is 0 Å². The summed E-state index contributed by atoms with van der Waals surface area (Å²) in [6.07, 6.45) is 6.70. The van der Waals surface area contributed by atoms with Crippen LogP contribution in [0.25, 0.3) is 0 Å². The van der Waals surface area contributed by atoms with E-state index in [4.69, 9.17) is 4.74 Å². The highest BCUT2D eigenvalue weighted by Crippen LogP contribution is 2.30. The molecular formula is C25H39N3O2. The van der Waals surface area contributed by atoms with Crippen LogP contribution >= 0.6 is 0 Å². The zero-order valence-corrected chi connectivity index (χ0v) is 18.7. The molecule has 2 saturated heterocycles. The average Bonchev–Trinajstić information content (AvgIpc) is 3.19. The Morgan fingerprint density at radius 3 is 2.43 bits per heavy atom. The van der Waals surface area contributed by atoms with Gasteiger partial charge in [-0.15, -0.1) is 0 Å². The molecule has 1 saturated carbocycles. The molecule has 1 aliphatic carbocycles. The third kappa shape index (κ3) is 5.63. The quantitative estimate of drug-likeness (QED) is 0.623. The van der Waals surface area contributed by atoms with E-state index in [1.54, 1.807) is 0 Å². The fourth-order valence-corrected chi connectivity index (χ4v) is 5.00. The number of likely N-dealkylation sites (tertiary alicyclic amines) is 1. The highest BCUT2D eigenvalue weighted by atomic mass is 16.5. The first-order valence-corrected chi connectivity index (χ1v) is 12.1. The number of nitrogens with zero attached hydrogens (tertiary/aromatic N) is 3. The summed E-state index contributed by atoms with van der Waals surface area (Å²) in [4.78, 5) is 20.5. The molecule has 0 aromatic heterocycles. The van der Waals surface area contributed by atoms with E-state index >= 15 is 0 Å². The maximum atomic E-state index is 13.2. The molecule has 0 bridgehead atoms. The van der Waals surface area contributed by atoms with Gasteiger partial charge in [0.15, 0.2) is 0 Å². The highest BCUT2D eigenvalue weighted by Gasteiger charge is 2.35. The summed E-state index contributed by atoms with van der Waals surface area (Å²) in [6, 6.07) is 9.43. The Bertz CT molecular complexity index is 667. The van der Waals surface area contributed by atoms with Gasteiger partial charge in [-0.25, -0.2) is 0 Å². The van der Waals surface area contributed by atoms with E-state index in [-0.39, 0.29) is 0 Å². The van der Waals surface area contributed by atoms with E-state index in [0.29, 0.717) is 17.9 Å². The van der Waals surface area contributed by atoms with E-state index in [1.165, 1.54) is 17.5 Å². The molecule has 1 amide bonds. The topological polar surface area (TPSA) is 36.0 Å². The van der Waals surface area contributed by atoms with Gasteiger partial charge < -0.3 is 9.64 Å². The average molecular weight is 414 g/mol. The fraction of sp³-hybridized carbons (Fsp3) is 0.720. The molecule has 1 atom stereocenters. The van der Waals surface area contributed by atoms with Crippen molar-refractivity contribution in [1.82, 2.24) is 14.7 Å². The van der Waals surface area contributed by atoms with E-state index in [0.717, 1.165) is 91.1 Å². The molecule has 0 N–H and O–H groups in total. The van der Waals surface area contributed by atoms with Gasteiger partial charge in [0, 0.05) is 57.8 Å². The Kier molecular flexibility index (Phi) is 7.80. The van der Waals surface area contributed by atoms with Crippen molar-refractivity contribution in [1.29, 1.82) is 0 Å². The SMILES string of the molecule is CCc1ccc(CN2CCC(N(CCCN3CCOCC3)C(=O)C3CCC3)C2)cc1. The van der Waals surface area contributed by atoms with Crippen LogP contribution in [-0.4, -0.2) is 79.1 Å². The Labute approximate surface area is 182 Å². The van der Waals surface area contributed by atoms with Gasteiger partial charge in [-0.1, -0.05) is 37.6 Å². The van der Waals surface area contributed by atoms with Gasteiger partial charge in [-0.05, 0) is 43.2 Å². The van der Waals surface area contributed by atoms with Gasteiger partial charge in [0.1, 0.15) is 0 Å². The second kappa shape index (κ2) is 10.7. The minimum atomic E-state index is 0.295. The predicted molar refractivity (Wildman–Crippen MR) is 120 cm³/mol. The third-order valence-corrected chi connectivity index (χ3v) is 7.24. The molecule has 2 aliphatic heterocycles. The van der Waals surface area contributed by atoms with Crippen molar-refractivity contribution >= 4 is 5.91 Å². The van der Waals surface area contributed by atoms with Gasteiger partial charge in [0.2, 0.25) is 5.91 Å². The lowest BCUT2D eigenvalue weighted by Crippen LogP contribution is -2.47. The minimum Gasteiger partial charge on any atom is -0.379 e. The maximum Gasteiger partial charge on any atom is 0.225 e. The third-order valence-electron chi connectivity index (χ3n) is 7.24. The number of benzene rings is 1. The largest absolute Gasteiger partial charge is 0.379 e. The van der Waals surface area contributed by atoms with Crippen molar-refractivity contribution in [3.05, 3.63) is 35.4 Å². The normalized spacial score (nSPS) is 23.4. The summed E-state index contributed by atoms with van der Waals surface area (Å²) in [7, 11) is 0. The number of carbonyl (C=O) groups excluding carboxylic acids is 1. The Morgan fingerprint density at radius 1 is 1.03 bits per heavy atom. The number of aryl methyl sites for hydroxylation is 1. The molecular weight excluding hydrogens is 374 g/mol. The summed E-state index contributed by atoms with van der Waals surface area (Å²) >= 11 is 0. The molecule has 1 aromatic carbocycles. The lowest BCUT2D eigenvalue weighted by Gasteiger charge is -2.36. The number of hydrogen-bond donors (Lipinski definition) is 0. The fourth-order valence-electron chi connectivity index (χ4n) is 5.00. The number of rotatable bonds is 9. The van der Waals surface area contributed by atoms with Gasteiger partial charge in [0.25, 0.3) is 0 Å². The van der Waals surface area contributed by atoms with Crippen LogP contribution in [0.4, 0.5) is 0 Å². The molecule has 0 radical (unpaired) electrons. The van der Waals surface area contributed by atoms with Crippen LogP contribution in [0.1, 0.15) is 50.2 Å². The van der Waals surface area contributed by atoms with Crippen molar-refractivity contribution in [3.63, 3.8) is 0 Å². The number of carbonyl (C=O) groups is 1. The summed E-state index contributed by atoms with van der Waals surface area (Å²) in [5.41, 5.74) is 2.78. The van der Waals surface area contributed by atoms with Gasteiger partial charge in [0.05, 0.1) is 13.2 Å². The van der Waals surface area contributed by atoms with E-state index in [2.05, 4.69) is 45.9 Å². The van der Waals surface area contributed by atoms with Crippen LogP contribution in [-0.2, 0) is 22.5 Å². The zero-order chi connectivity index (χ0) is 20.8. The molecule has 30 heavy (non-hydrogen) atoms. The summed E-state index contributed by atoms with van der Waals surface area (Å²) < 4.78 is 5.46. The first kappa shape index (κ1) is 21.8. The molecule has 166 valence electrons. The first-order chi connectivity index (χ1) is 14.7. The summed E-state index contributed by atoms with van der Waals surface area (Å²) in [5.74, 6) is 0.728. The van der Waals surface area contributed by atoms with Gasteiger partial charge >= 0.3 is 0 Å². The molecule has 1 unspecified atom stereocenters. The maximum absolute atomic E-state index is 13.2. The lowest BCUT2D eigenvalue weighted by molar-refractivity contribution is -0.140. The number of ether oxygens (including phenoxy) is 1. The second-order valence-electron chi connectivity index (χ2n) is 9.31. The second-order valence-corrected chi connectivity index (χ2v) is 9.31. The van der Waals surface area contributed by atoms with Crippen molar-refractivity contribution < 1.29 is 9.53 Å². The number of hydrogen-bond acceptors (Lipinski definition) is 4. The van der Waals surface area contributed by atoms with Crippen LogP contribution in [0.2, 0.25) is 0 Å². The molecule has 0 spiro atoms. The molecule has 3 aliphatic rings. The van der Waals surface area contributed by atoms with Crippen molar-refractivity contribution in [2.45, 2.75) is 58.0 Å². The van der Waals surface area contributed by atoms with Gasteiger partial charge in [-0.3, -0.25) is 14.6 Å². The summed E-state index contributed by atoms with van der Waals surface area (Å²) in [6.45, 7) is 11.1. The van der Waals surface area contributed by atoms with Crippen molar-refractivity contribution in [2.75, 3.05) is 52.5 Å². The zero-order valence-electron chi connectivity index (χ0n) is 18.7. The monoisotopic (exact) mass is 413 g/mol. The molecule has 4 rings (SSSR count). The van der Waals surface area contributed by atoms with Crippen LogP contribution in [0.15, 0.2) is 24.3 Å². The molecule has 5 nitrogen and oxygen atoms in total. The van der Waals surface area contributed by atoms with E-state index in [1.807, 2.05) is 0 Å². The van der Waals surface area contributed by atoms with Crippen molar-refractivity contribution in [2.24, 2.45) is 5.92 Å². The Hall–Kier alpha value is -1.43. The van der Waals surface area contributed by atoms with E-state index < -0.39 is 0 Å². The smallest absolute Gasteiger partial charge is 0.225 e. The highest BCUT2D eigenvalue weighted by molar-refractivity contribution is 5.80. The van der Waals surface area contributed by atoms with Crippen LogP contribution in [0.5, 0.6) is 0 Å². The number of morpholine rings is 1. The van der Waals surface area contributed by atoms with Crippen LogP contribution < -0.4 is 0 Å². The first-order valence-electron chi connectivity index (χ1n) is 12.1. The molecule has 1 aromatic rings.